The Labute approximate surface area is 137 Å². The fourth-order valence-electron chi connectivity index (χ4n) is 3.47. The normalized spacial score (nSPS) is 14.9. The molecule has 1 aliphatic heterocycles. The average Bonchev–Trinajstić information content (AvgIpc) is 2.97. The molecule has 1 N–H and O–H groups in total. The van der Waals surface area contributed by atoms with Crippen molar-refractivity contribution in [1.29, 1.82) is 0 Å². The molecule has 23 heavy (non-hydrogen) atoms. The van der Waals surface area contributed by atoms with Crippen LogP contribution in [0.1, 0.15) is 23.1 Å². The summed E-state index contributed by atoms with van der Waals surface area (Å²) < 4.78 is 2.40. The summed E-state index contributed by atoms with van der Waals surface area (Å²) in [5.41, 5.74) is 6.94. The number of benzene rings is 2. The zero-order valence-corrected chi connectivity index (χ0v) is 13.5. The minimum absolute atomic E-state index is 0.929. The smallest absolute Gasteiger partial charge is 0.0489 e. The average molecular weight is 302 g/mol. The predicted octanol–water partition coefficient (Wildman–Crippen LogP) is 4.37. The number of fused-ring (bicyclic) bond motifs is 1. The topological polar surface area (TPSA) is 17.0 Å². The number of nitrogens with one attached hydrogen (secondary N) is 1. The van der Waals surface area contributed by atoms with E-state index in [0.717, 1.165) is 26.1 Å². The molecule has 0 radical (unpaired) electrons. The Bertz CT molecular complexity index is 870. The molecule has 2 heterocycles. The standard InChI is InChI=1S/C21H22N2/c1-16-6-2-3-7-18(16)14-23-15-20(17-10-12-22-13-11-17)19-8-4-5-9-21(19)23/h2-10,15,22H,11-14H2,1H3. The molecule has 0 fully saturated rings. The SMILES string of the molecule is Cc1ccccc1Cn1cc(C2=CCNCC2)c2ccccc21. The van der Waals surface area contributed by atoms with Crippen molar-refractivity contribution in [1.82, 2.24) is 9.88 Å². The van der Waals surface area contributed by atoms with Gasteiger partial charge in [0.15, 0.2) is 0 Å². The highest BCUT2D eigenvalue weighted by molar-refractivity contribution is 5.93. The van der Waals surface area contributed by atoms with Gasteiger partial charge >= 0.3 is 0 Å². The second-order valence-electron chi connectivity index (χ2n) is 6.30. The van der Waals surface area contributed by atoms with Crippen LogP contribution in [0.25, 0.3) is 16.5 Å². The predicted molar refractivity (Wildman–Crippen MR) is 97.7 cm³/mol. The van der Waals surface area contributed by atoms with E-state index >= 15 is 0 Å². The largest absolute Gasteiger partial charge is 0.342 e. The second kappa shape index (κ2) is 6.05. The summed E-state index contributed by atoms with van der Waals surface area (Å²) in [6, 6.07) is 17.4. The van der Waals surface area contributed by atoms with E-state index in [4.69, 9.17) is 0 Å². The molecule has 2 heteroatoms. The Hall–Kier alpha value is -2.32. The minimum atomic E-state index is 0.929. The first-order chi connectivity index (χ1) is 11.3. The van der Waals surface area contributed by atoms with Crippen LogP contribution in [0.4, 0.5) is 0 Å². The third kappa shape index (κ3) is 2.71. The molecule has 0 aliphatic carbocycles. The molecule has 0 saturated heterocycles. The third-order valence-electron chi connectivity index (χ3n) is 4.80. The van der Waals surface area contributed by atoms with Gasteiger partial charge in [0.25, 0.3) is 0 Å². The number of aromatic nitrogens is 1. The molecular formula is C21H22N2. The summed E-state index contributed by atoms with van der Waals surface area (Å²) in [6.45, 7) is 5.17. The fraction of sp³-hybridized carbons (Fsp3) is 0.238. The first-order valence-electron chi connectivity index (χ1n) is 8.35. The van der Waals surface area contributed by atoms with Gasteiger partial charge in [0, 0.05) is 35.8 Å². The Morgan fingerprint density at radius 1 is 1.04 bits per heavy atom. The van der Waals surface area contributed by atoms with Crippen LogP contribution < -0.4 is 5.32 Å². The van der Waals surface area contributed by atoms with Gasteiger partial charge in [-0.05, 0) is 42.7 Å². The van der Waals surface area contributed by atoms with E-state index in [1.807, 2.05) is 0 Å². The van der Waals surface area contributed by atoms with Crippen LogP contribution in [0.2, 0.25) is 0 Å². The molecule has 4 rings (SSSR count). The number of rotatable bonds is 3. The van der Waals surface area contributed by atoms with E-state index < -0.39 is 0 Å². The van der Waals surface area contributed by atoms with Crippen LogP contribution in [0.15, 0.2) is 60.8 Å². The molecule has 1 aliphatic rings. The second-order valence-corrected chi connectivity index (χ2v) is 6.30. The highest BCUT2D eigenvalue weighted by Crippen LogP contribution is 2.30. The summed E-state index contributed by atoms with van der Waals surface area (Å²) in [5.74, 6) is 0. The summed E-state index contributed by atoms with van der Waals surface area (Å²) in [5, 5.41) is 4.77. The van der Waals surface area contributed by atoms with Crippen molar-refractivity contribution < 1.29 is 0 Å². The van der Waals surface area contributed by atoms with E-state index in [-0.39, 0.29) is 0 Å². The molecule has 0 unspecified atom stereocenters. The first-order valence-corrected chi connectivity index (χ1v) is 8.35. The van der Waals surface area contributed by atoms with Gasteiger partial charge in [-0.2, -0.15) is 0 Å². The number of aryl methyl sites for hydroxylation is 1. The van der Waals surface area contributed by atoms with Crippen LogP contribution >= 0.6 is 0 Å². The van der Waals surface area contributed by atoms with Crippen molar-refractivity contribution >= 4 is 16.5 Å². The van der Waals surface area contributed by atoms with Crippen molar-refractivity contribution in [2.75, 3.05) is 13.1 Å². The van der Waals surface area contributed by atoms with E-state index in [0.29, 0.717) is 0 Å². The van der Waals surface area contributed by atoms with Crippen LogP contribution in [0.5, 0.6) is 0 Å². The monoisotopic (exact) mass is 302 g/mol. The van der Waals surface area contributed by atoms with E-state index in [9.17, 15) is 0 Å². The molecule has 0 spiro atoms. The summed E-state index contributed by atoms with van der Waals surface area (Å²) in [4.78, 5) is 0. The van der Waals surface area contributed by atoms with Gasteiger partial charge in [-0.3, -0.25) is 0 Å². The number of para-hydroxylation sites is 1. The minimum Gasteiger partial charge on any atom is -0.342 e. The Morgan fingerprint density at radius 2 is 1.87 bits per heavy atom. The van der Waals surface area contributed by atoms with Crippen LogP contribution in [-0.2, 0) is 6.54 Å². The Morgan fingerprint density at radius 3 is 2.70 bits per heavy atom. The van der Waals surface area contributed by atoms with Crippen molar-refractivity contribution in [2.45, 2.75) is 19.9 Å². The van der Waals surface area contributed by atoms with Gasteiger partial charge in [0.2, 0.25) is 0 Å². The third-order valence-corrected chi connectivity index (χ3v) is 4.80. The summed E-state index contributed by atoms with van der Waals surface area (Å²) >= 11 is 0. The molecule has 1 aromatic heterocycles. The molecule has 0 amide bonds. The van der Waals surface area contributed by atoms with E-state index in [2.05, 4.69) is 77.6 Å². The van der Waals surface area contributed by atoms with Crippen molar-refractivity contribution in [3.63, 3.8) is 0 Å². The lowest BCUT2D eigenvalue weighted by Gasteiger charge is -2.13. The molecule has 116 valence electrons. The highest BCUT2D eigenvalue weighted by atomic mass is 15.0. The van der Waals surface area contributed by atoms with Gasteiger partial charge in [-0.1, -0.05) is 48.5 Å². The molecule has 0 atom stereocenters. The van der Waals surface area contributed by atoms with Gasteiger partial charge in [0.05, 0.1) is 0 Å². The molecule has 2 nitrogen and oxygen atoms in total. The number of hydrogen-bond acceptors (Lipinski definition) is 1. The molecule has 3 aromatic rings. The van der Waals surface area contributed by atoms with Gasteiger partial charge < -0.3 is 9.88 Å². The van der Waals surface area contributed by atoms with Gasteiger partial charge in [0.1, 0.15) is 0 Å². The lowest BCUT2D eigenvalue weighted by Crippen LogP contribution is -2.19. The van der Waals surface area contributed by atoms with Gasteiger partial charge in [-0.15, -0.1) is 0 Å². The van der Waals surface area contributed by atoms with E-state index in [1.165, 1.54) is 33.2 Å². The van der Waals surface area contributed by atoms with Crippen LogP contribution in [0.3, 0.4) is 0 Å². The van der Waals surface area contributed by atoms with Crippen molar-refractivity contribution in [3.8, 4) is 0 Å². The Balaban J connectivity index is 1.81. The molecular weight excluding hydrogens is 280 g/mol. The molecule has 0 bridgehead atoms. The summed E-state index contributed by atoms with van der Waals surface area (Å²) in [7, 11) is 0. The maximum absolute atomic E-state index is 3.40. The summed E-state index contributed by atoms with van der Waals surface area (Å²) in [6.07, 6.45) is 5.79. The zero-order valence-electron chi connectivity index (χ0n) is 13.5. The maximum Gasteiger partial charge on any atom is 0.0489 e. The van der Waals surface area contributed by atoms with E-state index in [1.54, 1.807) is 0 Å². The van der Waals surface area contributed by atoms with Gasteiger partial charge in [-0.25, -0.2) is 0 Å². The van der Waals surface area contributed by atoms with Crippen molar-refractivity contribution in [2.24, 2.45) is 0 Å². The highest BCUT2D eigenvalue weighted by Gasteiger charge is 2.14. The lowest BCUT2D eigenvalue weighted by atomic mass is 10.00. The zero-order chi connectivity index (χ0) is 15.6. The fourth-order valence-corrected chi connectivity index (χ4v) is 3.47. The Kier molecular flexibility index (Phi) is 3.76. The van der Waals surface area contributed by atoms with Crippen molar-refractivity contribution in [3.05, 3.63) is 77.5 Å². The lowest BCUT2D eigenvalue weighted by molar-refractivity contribution is 0.738. The molecule has 2 aromatic carbocycles. The first kappa shape index (κ1) is 14.3. The quantitative estimate of drug-likeness (QED) is 0.760. The van der Waals surface area contributed by atoms with Crippen LogP contribution in [-0.4, -0.2) is 17.7 Å². The number of nitrogens with zero attached hydrogens (tertiary/aromatic N) is 1. The maximum atomic E-state index is 3.40. The number of hydrogen-bond donors (Lipinski definition) is 1. The van der Waals surface area contributed by atoms with Crippen LogP contribution in [0, 0.1) is 6.92 Å². The molecule has 0 saturated carbocycles.